The van der Waals surface area contributed by atoms with Crippen LogP contribution in [0.3, 0.4) is 0 Å². The monoisotopic (exact) mass is 397 g/mol. The Kier molecular flexibility index (Phi) is 5.82. The fourth-order valence-corrected chi connectivity index (χ4v) is 3.77. The molecule has 0 bridgehead atoms. The number of nitriles is 1. The number of hydrogen-bond donors (Lipinski definition) is 0. The van der Waals surface area contributed by atoms with Crippen LogP contribution in [0.1, 0.15) is 5.56 Å². The lowest BCUT2D eigenvalue weighted by atomic mass is 10.1. The van der Waals surface area contributed by atoms with Crippen molar-refractivity contribution in [3.63, 3.8) is 0 Å². The first-order chi connectivity index (χ1) is 13.3. The summed E-state index contributed by atoms with van der Waals surface area (Å²) in [6.07, 6.45) is 1.60. The third kappa shape index (κ3) is 4.24. The molecule has 2 heterocycles. The van der Waals surface area contributed by atoms with Gasteiger partial charge in [-0.1, -0.05) is 19.6 Å². The number of nitrogens with zero attached hydrogens (tertiary/aromatic N) is 3. The number of benzene rings is 1. The van der Waals surface area contributed by atoms with E-state index in [1.165, 1.54) is 12.1 Å². The maximum atomic E-state index is 14.0. The minimum atomic E-state index is -1.21. The minimum absolute atomic E-state index is 0.269. The van der Waals surface area contributed by atoms with E-state index in [1.54, 1.807) is 25.4 Å². The van der Waals surface area contributed by atoms with Gasteiger partial charge < -0.3 is 14.0 Å². The highest BCUT2D eigenvalue weighted by Crippen LogP contribution is 2.35. The highest BCUT2D eigenvalue weighted by atomic mass is 28.3. The van der Waals surface area contributed by atoms with Crippen LogP contribution in [-0.4, -0.2) is 31.3 Å². The quantitative estimate of drug-likeness (QED) is 0.414. The van der Waals surface area contributed by atoms with E-state index in [9.17, 15) is 9.65 Å². The second-order valence-corrected chi connectivity index (χ2v) is 13.5. The first kappa shape index (κ1) is 20.1. The molecular formula is C21H24FN3O2Si. The van der Waals surface area contributed by atoms with Crippen LogP contribution >= 0.6 is 0 Å². The number of ether oxygens (including phenoxy) is 2. The van der Waals surface area contributed by atoms with Crippen LogP contribution < -0.4 is 4.74 Å². The molecule has 2 aromatic heterocycles. The number of rotatable bonds is 7. The fraction of sp³-hybridized carbons (Fsp3) is 0.333. The Hall–Kier alpha value is -2.69. The van der Waals surface area contributed by atoms with Gasteiger partial charge in [0.25, 0.3) is 0 Å². The SMILES string of the molecule is COc1ccc(F)cc1-c1cc2c(C#N)ccnc2n1COCC[Si](C)(C)C. The lowest BCUT2D eigenvalue weighted by Gasteiger charge is -2.17. The van der Waals surface area contributed by atoms with Crippen molar-refractivity contribution in [3.8, 4) is 23.1 Å². The third-order valence-electron chi connectivity index (χ3n) is 4.57. The maximum absolute atomic E-state index is 14.0. The zero-order chi connectivity index (χ0) is 20.3. The van der Waals surface area contributed by atoms with E-state index in [-0.39, 0.29) is 12.5 Å². The molecule has 0 N–H and O–H groups in total. The van der Waals surface area contributed by atoms with E-state index < -0.39 is 8.07 Å². The van der Waals surface area contributed by atoms with Crippen LogP contribution in [0, 0.1) is 17.1 Å². The summed E-state index contributed by atoms with van der Waals surface area (Å²) in [5.41, 5.74) is 2.45. The van der Waals surface area contributed by atoms with Gasteiger partial charge in [0.2, 0.25) is 0 Å². The maximum Gasteiger partial charge on any atom is 0.143 e. The smallest absolute Gasteiger partial charge is 0.143 e. The highest BCUT2D eigenvalue weighted by Gasteiger charge is 2.19. The van der Waals surface area contributed by atoms with Crippen molar-refractivity contribution in [2.24, 2.45) is 0 Å². The van der Waals surface area contributed by atoms with Crippen molar-refractivity contribution in [3.05, 3.63) is 47.9 Å². The zero-order valence-corrected chi connectivity index (χ0v) is 17.6. The van der Waals surface area contributed by atoms with Gasteiger partial charge >= 0.3 is 0 Å². The molecule has 146 valence electrons. The fourth-order valence-electron chi connectivity index (χ4n) is 3.01. The molecule has 0 aliphatic rings. The topological polar surface area (TPSA) is 60.1 Å². The minimum Gasteiger partial charge on any atom is -0.496 e. The number of methoxy groups -OCH3 is 1. The number of pyridine rings is 1. The second-order valence-electron chi connectivity index (χ2n) is 7.86. The Balaban J connectivity index is 2.09. The summed E-state index contributed by atoms with van der Waals surface area (Å²) in [5.74, 6) is 0.187. The normalized spacial score (nSPS) is 11.6. The summed E-state index contributed by atoms with van der Waals surface area (Å²) >= 11 is 0. The molecule has 0 aliphatic carbocycles. The Morgan fingerprint density at radius 1 is 1.21 bits per heavy atom. The van der Waals surface area contributed by atoms with Gasteiger partial charge in [-0.3, -0.25) is 0 Å². The summed E-state index contributed by atoms with van der Waals surface area (Å²) < 4.78 is 27.2. The zero-order valence-electron chi connectivity index (χ0n) is 16.6. The predicted molar refractivity (Wildman–Crippen MR) is 110 cm³/mol. The lowest BCUT2D eigenvalue weighted by Crippen LogP contribution is -2.22. The molecule has 0 spiro atoms. The number of hydrogen-bond acceptors (Lipinski definition) is 4. The molecule has 0 saturated heterocycles. The Bertz CT molecular complexity index is 1030. The van der Waals surface area contributed by atoms with Gasteiger partial charge in [-0.25, -0.2) is 9.37 Å². The van der Waals surface area contributed by atoms with Crippen molar-refractivity contribution in [2.45, 2.75) is 32.4 Å². The van der Waals surface area contributed by atoms with Crippen molar-refractivity contribution in [2.75, 3.05) is 13.7 Å². The van der Waals surface area contributed by atoms with Gasteiger partial charge in [-0.15, -0.1) is 0 Å². The summed E-state index contributed by atoms with van der Waals surface area (Å²) in [4.78, 5) is 4.45. The molecule has 5 nitrogen and oxygen atoms in total. The molecule has 1 aromatic carbocycles. The number of fused-ring (bicyclic) bond motifs is 1. The predicted octanol–water partition coefficient (Wildman–Crippen LogP) is 5.03. The van der Waals surface area contributed by atoms with Gasteiger partial charge in [0.1, 0.15) is 23.9 Å². The molecule has 3 aromatic rings. The highest BCUT2D eigenvalue weighted by molar-refractivity contribution is 6.76. The summed E-state index contributed by atoms with van der Waals surface area (Å²) in [6.45, 7) is 7.81. The van der Waals surface area contributed by atoms with E-state index in [0.29, 0.717) is 40.2 Å². The van der Waals surface area contributed by atoms with E-state index in [0.717, 1.165) is 6.04 Å². The molecule has 0 fully saturated rings. The van der Waals surface area contributed by atoms with Crippen molar-refractivity contribution in [1.29, 1.82) is 5.26 Å². The van der Waals surface area contributed by atoms with Gasteiger partial charge in [-0.05, 0) is 36.4 Å². The molecule has 0 aliphatic heterocycles. The molecule has 7 heteroatoms. The Labute approximate surface area is 165 Å². The van der Waals surface area contributed by atoms with Crippen LogP contribution in [0.25, 0.3) is 22.3 Å². The molecule has 0 atom stereocenters. The summed E-state index contributed by atoms with van der Waals surface area (Å²) in [7, 11) is 0.339. The van der Waals surface area contributed by atoms with Crippen LogP contribution in [-0.2, 0) is 11.5 Å². The largest absolute Gasteiger partial charge is 0.496 e. The summed E-state index contributed by atoms with van der Waals surface area (Å²) in [5, 5.41) is 10.2. The first-order valence-corrected chi connectivity index (χ1v) is 12.8. The molecule has 3 rings (SSSR count). The average molecular weight is 398 g/mol. The van der Waals surface area contributed by atoms with E-state index in [2.05, 4.69) is 30.7 Å². The van der Waals surface area contributed by atoms with Crippen molar-refractivity contribution in [1.82, 2.24) is 9.55 Å². The molecule has 0 unspecified atom stereocenters. The Morgan fingerprint density at radius 3 is 2.68 bits per heavy atom. The van der Waals surface area contributed by atoms with Gasteiger partial charge in [0, 0.05) is 31.8 Å². The van der Waals surface area contributed by atoms with Crippen molar-refractivity contribution >= 4 is 19.1 Å². The average Bonchev–Trinajstić information content (AvgIpc) is 3.03. The van der Waals surface area contributed by atoms with Gasteiger partial charge in [0.15, 0.2) is 0 Å². The second kappa shape index (κ2) is 8.13. The van der Waals surface area contributed by atoms with Crippen LogP contribution in [0.15, 0.2) is 36.5 Å². The molecular weight excluding hydrogens is 373 g/mol. The summed E-state index contributed by atoms with van der Waals surface area (Å²) in [6, 6.07) is 11.1. The molecule has 0 saturated carbocycles. The van der Waals surface area contributed by atoms with Gasteiger partial charge in [-0.2, -0.15) is 5.26 Å². The number of halogens is 1. The Morgan fingerprint density at radius 2 is 2.00 bits per heavy atom. The van der Waals surface area contributed by atoms with Gasteiger partial charge in [0.05, 0.1) is 24.4 Å². The first-order valence-electron chi connectivity index (χ1n) is 9.14. The molecule has 28 heavy (non-hydrogen) atoms. The van der Waals surface area contributed by atoms with E-state index in [4.69, 9.17) is 9.47 Å². The number of aromatic nitrogens is 2. The van der Waals surface area contributed by atoms with Crippen molar-refractivity contribution < 1.29 is 13.9 Å². The van der Waals surface area contributed by atoms with E-state index >= 15 is 0 Å². The standard InChI is InChI=1S/C21H24FN3O2Si/c1-26-20-6-5-16(22)11-18(20)19-12-17-15(13-23)7-8-24-21(17)25(19)14-27-9-10-28(2,3)4/h5-8,11-12H,9-10,14H2,1-4H3. The molecule has 0 amide bonds. The van der Waals surface area contributed by atoms with Crippen LogP contribution in [0.2, 0.25) is 25.7 Å². The van der Waals surface area contributed by atoms with E-state index in [1.807, 2.05) is 10.6 Å². The molecule has 0 radical (unpaired) electrons. The third-order valence-corrected chi connectivity index (χ3v) is 6.28. The lowest BCUT2D eigenvalue weighted by molar-refractivity contribution is 0.0909. The van der Waals surface area contributed by atoms with Crippen LogP contribution in [0.4, 0.5) is 4.39 Å². The van der Waals surface area contributed by atoms with Crippen LogP contribution in [0.5, 0.6) is 5.75 Å².